The van der Waals surface area contributed by atoms with Crippen LogP contribution in [0, 0.1) is 13.8 Å². The van der Waals surface area contributed by atoms with E-state index in [4.69, 9.17) is 27.7 Å². The molecular weight excluding hydrogens is 507 g/mol. The van der Waals surface area contributed by atoms with Crippen LogP contribution in [-0.2, 0) is 10.5 Å². The summed E-state index contributed by atoms with van der Waals surface area (Å²) in [4.78, 5) is 19.3. The molecule has 0 spiro atoms. The number of alkyl halides is 2. The lowest BCUT2D eigenvalue weighted by molar-refractivity contribution is -0.113. The van der Waals surface area contributed by atoms with Crippen LogP contribution >= 0.6 is 35.0 Å². The van der Waals surface area contributed by atoms with Gasteiger partial charge in [-0.15, -0.1) is 0 Å². The van der Waals surface area contributed by atoms with Gasteiger partial charge in [0.1, 0.15) is 17.2 Å². The van der Waals surface area contributed by atoms with Crippen LogP contribution in [0.2, 0.25) is 10.0 Å². The molecule has 0 bridgehead atoms. The fourth-order valence-corrected chi connectivity index (χ4v) is 4.84. The van der Waals surface area contributed by atoms with E-state index in [1.54, 1.807) is 24.3 Å². The highest BCUT2D eigenvalue weighted by Gasteiger charge is 2.32. The van der Waals surface area contributed by atoms with Crippen molar-refractivity contribution < 1.29 is 22.8 Å². The van der Waals surface area contributed by atoms with Gasteiger partial charge in [-0.1, -0.05) is 46.2 Å². The zero-order valence-electron chi connectivity index (χ0n) is 17.9. The summed E-state index contributed by atoms with van der Waals surface area (Å²) in [5, 5.41) is 5.20. The Kier molecular flexibility index (Phi) is 7.25. The Hall–Kier alpha value is -2.88. The Labute approximate surface area is 208 Å². The molecule has 0 atom stereocenters. The van der Waals surface area contributed by atoms with Gasteiger partial charge in [0.2, 0.25) is 0 Å². The number of hydrogen-bond donors (Lipinski definition) is 0. The SMILES string of the molecule is Cc1noc(C)c1CSC1=N/C(=C/c2ccc(Cl)cc2Cl)C(=O)N1c1ccc(OC(F)F)cc1. The lowest BCUT2D eigenvalue weighted by Gasteiger charge is -2.18. The van der Waals surface area contributed by atoms with E-state index in [0.29, 0.717) is 38.0 Å². The summed E-state index contributed by atoms with van der Waals surface area (Å²) >= 11 is 13.6. The Morgan fingerprint density at radius 3 is 2.53 bits per heavy atom. The molecule has 0 N–H and O–H groups in total. The van der Waals surface area contributed by atoms with Crippen molar-refractivity contribution in [2.75, 3.05) is 4.90 Å². The highest BCUT2D eigenvalue weighted by Crippen LogP contribution is 2.34. The van der Waals surface area contributed by atoms with Crippen LogP contribution in [-0.4, -0.2) is 22.8 Å². The molecule has 0 saturated carbocycles. The topological polar surface area (TPSA) is 67.9 Å². The molecule has 1 aliphatic rings. The largest absolute Gasteiger partial charge is 0.435 e. The van der Waals surface area contributed by atoms with Crippen molar-refractivity contribution >= 4 is 57.8 Å². The monoisotopic (exact) mass is 523 g/mol. The number of ether oxygens (including phenoxy) is 1. The molecule has 0 radical (unpaired) electrons. The maximum atomic E-state index is 13.3. The molecule has 1 aliphatic heterocycles. The minimum absolute atomic E-state index is 0.0176. The van der Waals surface area contributed by atoms with Crippen LogP contribution in [0.1, 0.15) is 22.6 Å². The zero-order chi connectivity index (χ0) is 24.4. The number of amidine groups is 1. The number of hydrogen-bond acceptors (Lipinski definition) is 6. The van der Waals surface area contributed by atoms with E-state index in [2.05, 4.69) is 14.9 Å². The molecule has 0 aliphatic carbocycles. The Morgan fingerprint density at radius 1 is 1.18 bits per heavy atom. The van der Waals surface area contributed by atoms with Crippen molar-refractivity contribution in [3.8, 4) is 5.75 Å². The minimum atomic E-state index is -2.94. The van der Waals surface area contributed by atoms with Gasteiger partial charge in [-0.2, -0.15) is 8.78 Å². The van der Waals surface area contributed by atoms with E-state index >= 15 is 0 Å². The third-order valence-corrected chi connectivity index (χ3v) is 6.46. The van der Waals surface area contributed by atoms with Crippen molar-refractivity contribution in [2.45, 2.75) is 26.2 Å². The van der Waals surface area contributed by atoms with Gasteiger partial charge in [0.25, 0.3) is 5.91 Å². The van der Waals surface area contributed by atoms with Crippen molar-refractivity contribution in [1.82, 2.24) is 5.16 Å². The molecule has 34 heavy (non-hydrogen) atoms. The number of halogens is 4. The number of aryl methyl sites for hydroxylation is 2. The smallest absolute Gasteiger partial charge is 0.387 e. The maximum absolute atomic E-state index is 13.3. The van der Waals surface area contributed by atoms with Crippen molar-refractivity contribution in [3.05, 3.63) is 80.8 Å². The number of carbonyl (C=O) groups is 1. The van der Waals surface area contributed by atoms with Gasteiger partial charge in [-0.05, 0) is 61.9 Å². The molecular formula is C23H17Cl2F2N3O3S. The molecule has 1 aromatic heterocycles. The standard InChI is InChI=1S/C23H17Cl2F2N3O3S/c1-12-18(13(2)33-29-12)11-34-23-28-20(9-14-3-4-15(24)10-19(14)25)21(31)30(23)16-5-7-17(8-6-16)32-22(26)27/h3-10,22H,11H2,1-2H3/b20-9+. The second-order valence-electron chi connectivity index (χ2n) is 7.19. The second-order valence-corrected chi connectivity index (χ2v) is 8.98. The summed E-state index contributed by atoms with van der Waals surface area (Å²) in [6.45, 7) is 0.701. The first-order valence-electron chi connectivity index (χ1n) is 9.92. The van der Waals surface area contributed by atoms with Gasteiger partial charge < -0.3 is 9.26 Å². The minimum Gasteiger partial charge on any atom is -0.435 e. The summed E-state index contributed by atoms with van der Waals surface area (Å²) in [5.74, 6) is 0.732. The number of aromatic nitrogens is 1. The van der Waals surface area contributed by atoms with Gasteiger partial charge >= 0.3 is 6.61 Å². The molecule has 2 aromatic carbocycles. The lowest BCUT2D eigenvalue weighted by atomic mass is 10.2. The number of anilines is 1. The summed E-state index contributed by atoms with van der Waals surface area (Å²) < 4.78 is 34.6. The molecule has 1 amide bonds. The Balaban J connectivity index is 1.68. The summed E-state index contributed by atoms with van der Waals surface area (Å²) in [6.07, 6.45) is 1.58. The van der Waals surface area contributed by atoms with Crippen molar-refractivity contribution in [2.24, 2.45) is 4.99 Å². The predicted octanol–water partition coefficient (Wildman–Crippen LogP) is 6.88. The number of aliphatic imine (C=N–C) groups is 1. The number of nitrogens with zero attached hydrogens (tertiary/aromatic N) is 3. The Bertz CT molecular complexity index is 1270. The average molecular weight is 524 g/mol. The van der Waals surface area contributed by atoms with Crippen molar-refractivity contribution in [1.29, 1.82) is 0 Å². The zero-order valence-corrected chi connectivity index (χ0v) is 20.2. The maximum Gasteiger partial charge on any atom is 0.387 e. The summed E-state index contributed by atoms with van der Waals surface area (Å²) in [5.41, 5.74) is 2.84. The van der Waals surface area contributed by atoms with E-state index in [-0.39, 0.29) is 11.4 Å². The van der Waals surface area contributed by atoms with Gasteiger partial charge in [-0.3, -0.25) is 9.69 Å². The number of thioether (sulfide) groups is 1. The van der Waals surface area contributed by atoms with E-state index in [1.807, 2.05) is 13.8 Å². The van der Waals surface area contributed by atoms with Gasteiger partial charge in [-0.25, -0.2) is 4.99 Å². The fraction of sp³-hybridized carbons (Fsp3) is 0.174. The molecule has 4 rings (SSSR count). The molecule has 0 unspecified atom stereocenters. The number of amides is 1. The van der Waals surface area contributed by atoms with Crippen LogP contribution in [0.3, 0.4) is 0 Å². The summed E-state index contributed by atoms with van der Waals surface area (Å²) in [6, 6.07) is 10.7. The molecule has 0 fully saturated rings. The van der Waals surface area contributed by atoms with Crippen LogP contribution in [0.25, 0.3) is 6.08 Å². The first kappa shape index (κ1) is 24.3. The molecule has 11 heteroatoms. The average Bonchev–Trinajstić information content (AvgIpc) is 3.27. The quantitative estimate of drug-likeness (QED) is 0.329. The summed E-state index contributed by atoms with van der Waals surface area (Å²) in [7, 11) is 0. The molecule has 2 heterocycles. The van der Waals surface area contributed by atoms with Gasteiger partial charge in [0.05, 0.1) is 11.4 Å². The number of benzene rings is 2. The molecule has 3 aromatic rings. The van der Waals surface area contributed by atoms with E-state index in [1.165, 1.54) is 40.9 Å². The second kappa shape index (κ2) is 10.2. The van der Waals surface area contributed by atoms with E-state index in [0.717, 1.165) is 11.3 Å². The lowest BCUT2D eigenvalue weighted by Crippen LogP contribution is -2.30. The third-order valence-electron chi connectivity index (χ3n) is 4.93. The van der Waals surface area contributed by atoms with Crippen molar-refractivity contribution in [3.63, 3.8) is 0 Å². The Morgan fingerprint density at radius 2 is 1.91 bits per heavy atom. The molecule has 0 saturated heterocycles. The fourth-order valence-electron chi connectivity index (χ4n) is 3.21. The molecule has 6 nitrogen and oxygen atoms in total. The van der Waals surface area contributed by atoms with E-state index < -0.39 is 12.5 Å². The van der Waals surface area contributed by atoms with Crippen LogP contribution in [0.15, 0.2) is 57.7 Å². The van der Waals surface area contributed by atoms with Gasteiger partial charge in [0.15, 0.2) is 5.17 Å². The number of rotatable bonds is 6. The number of carbonyl (C=O) groups excluding carboxylic acids is 1. The highest BCUT2D eigenvalue weighted by atomic mass is 35.5. The van der Waals surface area contributed by atoms with Crippen LogP contribution < -0.4 is 9.64 Å². The van der Waals surface area contributed by atoms with Gasteiger partial charge in [0, 0.05) is 21.4 Å². The first-order valence-corrected chi connectivity index (χ1v) is 11.7. The predicted molar refractivity (Wildman–Crippen MR) is 130 cm³/mol. The van der Waals surface area contributed by atoms with Crippen LogP contribution in [0.4, 0.5) is 14.5 Å². The van der Waals surface area contributed by atoms with Crippen LogP contribution in [0.5, 0.6) is 5.75 Å². The normalized spacial score (nSPS) is 14.9. The highest BCUT2D eigenvalue weighted by molar-refractivity contribution is 8.13. The van der Waals surface area contributed by atoms with E-state index in [9.17, 15) is 13.6 Å². The third kappa shape index (κ3) is 5.27. The first-order chi connectivity index (χ1) is 16.2. The molecule has 176 valence electrons.